The van der Waals surface area contributed by atoms with Crippen LogP contribution in [-0.2, 0) is 24.3 Å². The SMILES string of the molecule is CN(C(N)=O)C(=O)Cc1c([N+](=O)[O-])ccc2c1n(CCCOc1ccccc1)c(=O)n2Cc1cccc(Br)c1. The van der Waals surface area contributed by atoms with E-state index in [1.807, 2.05) is 54.6 Å². The average Bonchev–Trinajstić information content (AvgIpc) is 3.17. The molecule has 12 heteroatoms. The predicted octanol–water partition coefficient (Wildman–Crippen LogP) is 4.07. The number of ether oxygens (including phenoxy) is 1. The number of urea groups is 1. The van der Waals surface area contributed by atoms with Gasteiger partial charge < -0.3 is 10.5 Å². The summed E-state index contributed by atoms with van der Waals surface area (Å²) in [5.41, 5.74) is 6.08. The number of rotatable bonds is 10. The van der Waals surface area contributed by atoms with E-state index in [1.54, 1.807) is 0 Å². The van der Waals surface area contributed by atoms with Crippen LogP contribution >= 0.6 is 15.9 Å². The fourth-order valence-electron chi connectivity index (χ4n) is 4.32. The van der Waals surface area contributed by atoms with Crippen molar-refractivity contribution in [2.45, 2.75) is 25.9 Å². The van der Waals surface area contributed by atoms with E-state index < -0.39 is 23.3 Å². The molecule has 0 atom stereocenters. The molecule has 0 unspecified atom stereocenters. The van der Waals surface area contributed by atoms with Crippen molar-refractivity contribution in [3.63, 3.8) is 0 Å². The molecule has 0 saturated carbocycles. The maximum Gasteiger partial charge on any atom is 0.329 e. The van der Waals surface area contributed by atoms with Crippen molar-refractivity contribution in [2.24, 2.45) is 5.73 Å². The van der Waals surface area contributed by atoms with E-state index in [2.05, 4.69) is 15.9 Å². The number of imide groups is 1. The number of carbonyl (C=O) groups excluding carboxylic acids is 2. The van der Waals surface area contributed by atoms with Crippen LogP contribution in [0.3, 0.4) is 0 Å². The van der Waals surface area contributed by atoms with Crippen molar-refractivity contribution in [1.29, 1.82) is 0 Å². The summed E-state index contributed by atoms with van der Waals surface area (Å²) in [6, 6.07) is 18.5. The van der Waals surface area contributed by atoms with E-state index >= 15 is 0 Å². The standard InChI is InChI=1S/C27H26BrN5O6/c1-30(26(29)35)24(34)16-21-22(33(37)38)11-12-23-25(21)31(13-6-14-39-20-9-3-2-4-10-20)27(36)32(23)17-18-7-5-8-19(28)15-18/h2-5,7-12,15H,6,13-14,16-17H2,1H3,(H2,29,35). The minimum absolute atomic E-state index is 0.0321. The summed E-state index contributed by atoms with van der Waals surface area (Å²) in [4.78, 5) is 50.2. The quantitative estimate of drug-likeness (QED) is 0.166. The van der Waals surface area contributed by atoms with Gasteiger partial charge in [0.2, 0.25) is 5.91 Å². The van der Waals surface area contributed by atoms with Crippen molar-refractivity contribution < 1.29 is 19.2 Å². The van der Waals surface area contributed by atoms with Crippen LogP contribution in [0.5, 0.6) is 5.75 Å². The van der Waals surface area contributed by atoms with Gasteiger partial charge in [-0.05, 0) is 42.3 Å². The van der Waals surface area contributed by atoms with Crippen molar-refractivity contribution >= 4 is 44.6 Å². The Labute approximate surface area is 231 Å². The molecule has 0 aliphatic carbocycles. The molecule has 0 radical (unpaired) electrons. The normalized spacial score (nSPS) is 10.9. The van der Waals surface area contributed by atoms with E-state index in [0.717, 1.165) is 10.0 Å². The van der Waals surface area contributed by atoms with Gasteiger partial charge in [-0.25, -0.2) is 9.59 Å². The van der Waals surface area contributed by atoms with Crippen LogP contribution in [0.25, 0.3) is 11.0 Å². The Morgan fingerprint density at radius 2 is 1.82 bits per heavy atom. The Bertz CT molecular complexity index is 1600. The van der Waals surface area contributed by atoms with E-state index in [4.69, 9.17) is 10.5 Å². The first kappa shape index (κ1) is 27.6. The smallest absolute Gasteiger partial charge is 0.329 e. The molecule has 2 N–H and O–H groups in total. The topological polar surface area (TPSA) is 143 Å². The largest absolute Gasteiger partial charge is 0.494 e. The van der Waals surface area contributed by atoms with E-state index in [9.17, 15) is 24.5 Å². The molecular formula is C27H26BrN5O6. The molecule has 3 aromatic carbocycles. The van der Waals surface area contributed by atoms with E-state index in [-0.39, 0.29) is 35.5 Å². The number of carbonyl (C=O) groups is 2. The lowest BCUT2D eigenvalue weighted by Gasteiger charge is -2.14. The first-order valence-corrected chi connectivity index (χ1v) is 12.8. The third-order valence-electron chi connectivity index (χ3n) is 6.26. The Hall–Kier alpha value is -4.45. The Morgan fingerprint density at radius 1 is 1.08 bits per heavy atom. The molecule has 0 bridgehead atoms. The number of para-hydroxylation sites is 1. The Morgan fingerprint density at radius 3 is 2.49 bits per heavy atom. The van der Waals surface area contributed by atoms with Gasteiger partial charge in [-0.2, -0.15) is 0 Å². The minimum Gasteiger partial charge on any atom is -0.494 e. The van der Waals surface area contributed by atoms with Gasteiger partial charge in [0, 0.05) is 24.1 Å². The lowest BCUT2D eigenvalue weighted by atomic mass is 10.1. The zero-order valence-corrected chi connectivity index (χ0v) is 22.7. The molecular weight excluding hydrogens is 570 g/mol. The molecule has 202 valence electrons. The highest BCUT2D eigenvalue weighted by Crippen LogP contribution is 2.29. The molecule has 4 aromatic rings. The monoisotopic (exact) mass is 595 g/mol. The van der Waals surface area contributed by atoms with Crippen LogP contribution in [0.15, 0.2) is 76.0 Å². The number of likely N-dealkylation sites (N-methyl/N-ethyl adjacent to an activating group) is 1. The molecule has 0 aliphatic heterocycles. The van der Waals surface area contributed by atoms with Gasteiger partial charge in [-0.1, -0.05) is 46.3 Å². The fraction of sp³-hybridized carbons (Fsp3) is 0.222. The number of benzene rings is 3. The number of halogens is 1. The molecule has 0 spiro atoms. The number of primary amides is 1. The van der Waals surface area contributed by atoms with Crippen molar-refractivity contribution in [3.8, 4) is 5.75 Å². The second kappa shape index (κ2) is 11.9. The first-order valence-electron chi connectivity index (χ1n) is 12.0. The molecule has 11 nitrogen and oxygen atoms in total. The zero-order chi connectivity index (χ0) is 28.1. The van der Waals surface area contributed by atoms with Gasteiger partial charge >= 0.3 is 11.7 Å². The third-order valence-corrected chi connectivity index (χ3v) is 6.75. The van der Waals surface area contributed by atoms with Crippen LogP contribution < -0.4 is 16.2 Å². The van der Waals surface area contributed by atoms with Gasteiger partial charge in [0.25, 0.3) is 5.69 Å². The predicted molar refractivity (Wildman–Crippen MR) is 149 cm³/mol. The minimum atomic E-state index is -0.988. The number of imidazole rings is 1. The molecule has 4 rings (SSSR count). The van der Waals surface area contributed by atoms with Crippen LogP contribution in [0.4, 0.5) is 10.5 Å². The van der Waals surface area contributed by atoms with Gasteiger partial charge in [0.1, 0.15) is 5.75 Å². The number of amides is 3. The second-order valence-corrected chi connectivity index (χ2v) is 9.74. The van der Waals surface area contributed by atoms with Crippen molar-refractivity contribution in [1.82, 2.24) is 14.0 Å². The molecule has 3 amide bonds. The van der Waals surface area contributed by atoms with Crippen LogP contribution in [-0.4, -0.2) is 44.6 Å². The Balaban J connectivity index is 1.80. The fourth-order valence-corrected chi connectivity index (χ4v) is 4.77. The number of nitrogens with zero attached hydrogens (tertiary/aromatic N) is 4. The summed E-state index contributed by atoms with van der Waals surface area (Å²) in [5.74, 6) is -0.0532. The van der Waals surface area contributed by atoms with Gasteiger partial charge in [-0.15, -0.1) is 0 Å². The number of fused-ring (bicyclic) bond motifs is 1. The number of aryl methyl sites for hydroxylation is 1. The average molecular weight is 596 g/mol. The highest BCUT2D eigenvalue weighted by Gasteiger charge is 2.27. The van der Waals surface area contributed by atoms with Crippen LogP contribution in [0, 0.1) is 10.1 Å². The highest BCUT2D eigenvalue weighted by molar-refractivity contribution is 9.10. The molecule has 1 heterocycles. The van der Waals surface area contributed by atoms with E-state index in [0.29, 0.717) is 29.2 Å². The van der Waals surface area contributed by atoms with Crippen LogP contribution in [0.1, 0.15) is 17.5 Å². The molecule has 1 aromatic heterocycles. The summed E-state index contributed by atoms with van der Waals surface area (Å²) < 4.78 is 9.55. The maximum absolute atomic E-state index is 13.7. The van der Waals surface area contributed by atoms with Crippen molar-refractivity contribution in [2.75, 3.05) is 13.7 Å². The first-order chi connectivity index (χ1) is 18.7. The second-order valence-electron chi connectivity index (χ2n) is 8.82. The number of aromatic nitrogens is 2. The number of nitrogens with two attached hydrogens (primary N) is 1. The number of hydrogen-bond acceptors (Lipinski definition) is 6. The number of hydrogen-bond donors (Lipinski definition) is 1. The maximum atomic E-state index is 13.7. The molecule has 0 aliphatic rings. The van der Waals surface area contributed by atoms with Gasteiger partial charge in [0.15, 0.2) is 0 Å². The summed E-state index contributed by atoms with van der Waals surface area (Å²) in [6.07, 6.45) is -0.0734. The zero-order valence-electron chi connectivity index (χ0n) is 21.1. The van der Waals surface area contributed by atoms with Gasteiger partial charge in [0.05, 0.1) is 41.1 Å². The third kappa shape index (κ3) is 6.17. The lowest BCUT2D eigenvalue weighted by Crippen LogP contribution is -2.38. The number of nitro groups is 1. The van der Waals surface area contributed by atoms with E-state index in [1.165, 1.54) is 28.3 Å². The summed E-state index contributed by atoms with van der Waals surface area (Å²) in [6.45, 7) is 0.679. The summed E-state index contributed by atoms with van der Waals surface area (Å²) in [7, 11) is 1.20. The Kier molecular flexibility index (Phi) is 8.45. The van der Waals surface area contributed by atoms with Crippen LogP contribution in [0.2, 0.25) is 0 Å². The summed E-state index contributed by atoms with van der Waals surface area (Å²) >= 11 is 3.44. The number of nitro benzene ring substituents is 1. The van der Waals surface area contributed by atoms with Gasteiger partial charge in [-0.3, -0.25) is 28.9 Å². The molecule has 39 heavy (non-hydrogen) atoms. The lowest BCUT2D eigenvalue weighted by molar-refractivity contribution is -0.385. The molecule has 0 saturated heterocycles. The highest BCUT2D eigenvalue weighted by atomic mass is 79.9. The van der Waals surface area contributed by atoms with Crippen molar-refractivity contribution in [3.05, 3.63) is 103 Å². The summed E-state index contributed by atoms with van der Waals surface area (Å²) in [5, 5.41) is 12.0. The molecule has 0 fully saturated rings.